The Labute approximate surface area is 172 Å². The summed E-state index contributed by atoms with van der Waals surface area (Å²) in [5.41, 5.74) is 3.21. The summed E-state index contributed by atoms with van der Waals surface area (Å²) in [6, 6.07) is 18.5. The highest BCUT2D eigenvalue weighted by molar-refractivity contribution is 5.93. The van der Waals surface area contributed by atoms with Crippen LogP contribution in [0.2, 0.25) is 0 Å². The average Bonchev–Trinajstić information content (AvgIpc) is 3.42. The molecule has 0 aliphatic carbocycles. The van der Waals surface area contributed by atoms with E-state index in [1.165, 1.54) is 16.8 Å². The number of nitrogens with one attached hydrogen (secondary N) is 1. The van der Waals surface area contributed by atoms with Crippen LogP contribution >= 0.6 is 0 Å². The van der Waals surface area contributed by atoms with Crippen molar-refractivity contribution >= 4 is 5.91 Å². The molecular formula is C23H20FN3O3. The van der Waals surface area contributed by atoms with Gasteiger partial charge in [-0.2, -0.15) is 5.10 Å². The summed E-state index contributed by atoms with van der Waals surface area (Å²) < 4.78 is 19.9. The quantitative estimate of drug-likeness (QED) is 0.509. The van der Waals surface area contributed by atoms with Crippen molar-refractivity contribution in [2.75, 3.05) is 6.54 Å². The highest BCUT2D eigenvalue weighted by Gasteiger charge is 2.16. The van der Waals surface area contributed by atoms with E-state index < -0.39 is 6.10 Å². The highest BCUT2D eigenvalue weighted by atomic mass is 19.1. The SMILES string of the molecule is Cn1nc(-c2ccc(F)cc2)cc1C(=O)NCC(O)c1ccc(-c2ccco2)cc1. The number of aromatic nitrogens is 2. The highest BCUT2D eigenvalue weighted by Crippen LogP contribution is 2.23. The number of halogens is 1. The first-order valence-electron chi connectivity index (χ1n) is 9.41. The number of carbonyl (C=O) groups excluding carboxylic acids is 1. The molecule has 0 aliphatic rings. The summed E-state index contributed by atoms with van der Waals surface area (Å²) in [5, 5.41) is 17.5. The van der Waals surface area contributed by atoms with E-state index in [0.717, 1.165) is 11.3 Å². The third-order valence-electron chi connectivity index (χ3n) is 4.81. The van der Waals surface area contributed by atoms with E-state index in [2.05, 4.69) is 10.4 Å². The van der Waals surface area contributed by atoms with E-state index >= 15 is 0 Å². The zero-order valence-electron chi connectivity index (χ0n) is 16.2. The first-order chi connectivity index (χ1) is 14.5. The molecule has 1 atom stereocenters. The van der Waals surface area contributed by atoms with Crippen LogP contribution in [0.5, 0.6) is 0 Å². The van der Waals surface area contributed by atoms with Gasteiger partial charge in [0, 0.05) is 24.7 Å². The van der Waals surface area contributed by atoms with E-state index in [-0.39, 0.29) is 18.3 Å². The van der Waals surface area contributed by atoms with E-state index in [1.54, 1.807) is 43.6 Å². The largest absolute Gasteiger partial charge is 0.464 e. The fourth-order valence-electron chi connectivity index (χ4n) is 3.15. The second kappa shape index (κ2) is 8.34. The lowest BCUT2D eigenvalue weighted by Crippen LogP contribution is -2.29. The molecule has 0 saturated heterocycles. The molecule has 6 nitrogen and oxygen atoms in total. The molecule has 1 unspecified atom stereocenters. The maximum atomic E-state index is 13.1. The molecule has 152 valence electrons. The Morgan fingerprint density at radius 2 is 1.83 bits per heavy atom. The van der Waals surface area contributed by atoms with Crippen LogP contribution in [-0.4, -0.2) is 27.3 Å². The molecule has 0 bridgehead atoms. The third kappa shape index (κ3) is 4.16. The second-order valence-corrected chi connectivity index (χ2v) is 6.87. The Morgan fingerprint density at radius 1 is 1.13 bits per heavy atom. The van der Waals surface area contributed by atoms with Crippen molar-refractivity contribution in [3.8, 4) is 22.6 Å². The number of hydrogen-bond acceptors (Lipinski definition) is 4. The smallest absolute Gasteiger partial charge is 0.269 e. The summed E-state index contributed by atoms with van der Waals surface area (Å²) >= 11 is 0. The lowest BCUT2D eigenvalue weighted by molar-refractivity contribution is 0.0907. The predicted octanol–water partition coefficient (Wildman–Crippen LogP) is 3.95. The summed E-state index contributed by atoms with van der Waals surface area (Å²) in [4.78, 5) is 12.6. The van der Waals surface area contributed by atoms with E-state index in [1.807, 2.05) is 24.3 Å². The number of aliphatic hydroxyl groups excluding tert-OH is 1. The Balaban J connectivity index is 1.40. The molecule has 0 aliphatic heterocycles. The lowest BCUT2D eigenvalue weighted by Gasteiger charge is -2.12. The normalized spacial score (nSPS) is 12.0. The fourth-order valence-corrected chi connectivity index (χ4v) is 3.15. The van der Waals surface area contributed by atoms with Crippen molar-refractivity contribution in [1.82, 2.24) is 15.1 Å². The van der Waals surface area contributed by atoms with Crippen LogP contribution < -0.4 is 5.32 Å². The van der Waals surface area contributed by atoms with Crippen LogP contribution in [0.25, 0.3) is 22.6 Å². The molecule has 7 heteroatoms. The first kappa shape index (κ1) is 19.6. The number of carbonyl (C=O) groups is 1. The van der Waals surface area contributed by atoms with Gasteiger partial charge in [0.2, 0.25) is 0 Å². The standard InChI is InChI=1S/C23H20FN3O3/c1-27-20(13-19(26-27)15-8-10-18(24)11-9-15)23(29)25-14-21(28)16-4-6-17(7-5-16)22-3-2-12-30-22/h2-13,21,28H,14H2,1H3,(H,25,29). The van der Waals surface area contributed by atoms with Gasteiger partial charge in [0.1, 0.15) is 17.3 Å². The maximum absolute atomic E-state index is 13.1. The van der Waals surface area contributed by atoms with Gasteiger partial charge in [-0.25, -0.2) is 4.39 Å². The molecule has 30 heavy (non-hydrogen) atoms. The van der Waals surface area contributed by atoms with Gasteiger partial charge in [0.15, 0.2) is 0 Å². The van der Waals surface area contributed by atoms with Gasteiger partial charge in [0.25, 0.3) is 5.91 Å². The van der Waals surface area contributed by atoms with Crippen LogP contribution in [0, 0.1) is 5.82 Å². The molecule has 2 aromatic heterocycles. The molecule has 2 heterocycles. The monoisotopic (exact) mass is 405 g/mol. The molecule has 4 rings (SSSR count). The molecule has 0 radical (unpaired) electrons. The lowest BCUT2D eigenvalue weighted by atomic mass is 10.1. The summed E-state index contributed by atoms with van der Waals surface area (Å²) in [7, 11) is 1.66. The molecule has 2 N–H and O–H groups in total. The Kier molecular flexibility index (Phi) is 5.45. The maximum Gasteiger partial charge on any atom is 0.269 e. The van der Waals surface area contributed by atoms with Crippen LogP contribution in [0.15, 0.2) is 77.4 Å². The van der Waals surface area contributed by atoms with Crippen molar-refractivity contribution in [1.29, 1.82) is 0 Å². The Morgan fingerprint density at radius 3 is 2.50 bits per heavy atom. The van der Waals surface area contributed by atoms with E-state index in [9.17, 15) is 14.3 Å². The zero-order valence-corrected chi connectivity index (χ0v) is 16.2. The molecule has 1 amide bonds. The van der Waals surface area contributed by atoms with Gasteiger partial charge in [-0.1, -0.05) is 24.3 Å². The van der Waals surface area contributed by atoms with Crippen molar-refractivity contribution < 1.29 is 18.7 Å². The minimum atomic E-state index is -0.857. The van der Waals surface area contributed by atoms with Gasteiger partial charge in [-0.15, -0.1) is 0 Å². The number of furan rings is 1. The van der Waals surface area contributed by atoms with E-state index in [4.69, 9.17) is 4.42 Å². The Hall–Kier alpha value is -3.71. The van der Waals surface area contributed by atoms with Crippen LogP contribution in [0.4, 0.5) is 4.39 Å². The average molecular weight is 405 g/mol. The van der Waals surface area contributed by atoms with Gasteiger partial charge >= 0.3 is 0 Å². The van der Waals surface area contributed by atoms with Gasteiger partial charge in [0.05, 0.1) is 18.1 Å². The minimum absolute atomic E-state index is 0.0516. The third-order valence-corrected chi connectivity index (χ3v) is 4.81. The van der Waals surface area contributed by atoms with Crippen LogP contribution in [0.3, 0.4) is 0 Å². The molecule has 4 aromatic rings. The van der Waals surface area contributed by atoms with Crippen LogP contribution in [-0.2, 0) is 7.05 Å². The van der Waals surface area contributed by atoms with Gasteiger partial charge < -0.3 is 14.8 Å². The molecule has 0 fully saturated rings. The zero-order chi connectivity index (χ0) is 21.1. The molecule has 2 aromatic carbocycles. The Bertz CT molecular complexity index is 1130. The minimum Gasteiger partial charge on any atom is -0.464 e. The van der Waals surface area contributed by atoms with Crippen molar-refractivity contribution in [3.63, 3.8) is 0 Å². The number of rotatable bonds is 6. The predicted molar refractivity (Wildman–Crippen MR) is 110 cm³/mol. The van der Waals surface area contributed by atoms with E-state index in [0.29, 0.717) is 22.5 Å². The number of hydrogen-bond donors (Lipinski definition) is 2. The summed E-state index contributed by atoms with van der Waals surface area (Å²) in [5.74, 6) is 0.0564. The topological polar surface area (TPSA) is 80.3 Å². The first-order valence-corrected chi connectivity index (χ1v) is 9.41. The van der Waals surface area contributed by atoms with Gasteiger partial charge in [-0.05, 0) is 48.0 Å². The number of nitrogens with zero attached hydrogens (tertiary/aromatic N) is 2. The molecule has 0 spiro atoms. The molecule has 0 saturated carbocycles. The number of benzene rings is 2. The summed E-state index contributed by atoms with van der Waals surface area (Å²) in [6.45, 7) is 0.0516. The van der Waals surface area contributed by atoms with Crippen LogP contribution in [0.1, 0.15) is 22.2 Å². The van der Waals surface area contributed by atoms with Gasteiger partial charge in [-0.3, -0.25) is 9.48 Å². The second-order valence-electron chi connectivity index (χ2n) is 6.87. The fraction of sp³-hybridized carbons (Fsp3) is 0.130. The summed E-state index contributed by atoms with van der Waals surface area (Å²) in [6.07, 6.45) is 0.748. The number of aliphatic hydroxyl groups is 1. The van der Waals surface area contributed by atoms with Crippen molar-refractivity contribution in [2.45, 2.75) is 6.10 Å². The molecular weight excluding hydrogens is 385 g/mol. The number of aryl methyl sites for hydroxylation is 1. The van der Waals surface area contributed by atoms with Crippen molar-refractivity contribution in [3.05, 3.63) is 90.1 Å². The number of amides is 1. The van der Waals surface area contributed by atoms with Crippen molar-refractivity contribution in [2.24, 2.45) is 7.05 Å².